The molecule has 2 unspecified atom stereocenters. The summed E-state index contributed by atoms with van der Waals surface area (Å²) < 4.78 is 0. The number of hydrogen-bond acceptors (Lipinski definition) is 1. The molecule has 2 atom stereocenters. The molecule has 1 aliphatic heterocycles. The van der Waals surface area contributed by atoms with Crippen LogP contribution in [0.5, 0.6) is 0 Å². The van der Waals surface area contributed by atoms with Crippen LogP contribution in [0.1, 0.15) is 48.0 Å². The van der Waals surface area contributed by atoms with Crippen LogP contribution in [0.4, 0.5) is 0 Å². The second-order valence-electron chi connectivity index (χ2n) is 6.91. The van der Waals surface area contributed by atoms with Gasteiger partial charge in [0.05, 0.1) is 0 Å². The van der Waals surface area contributed by atoms with Gasteiger partial charge in [0.2, 0.25) is 0 Å². The minimum Gasteiger partial charge on any atom is -0.297 e. The zero-order valence-electron chi connectivity index (χ0n) is 10.1. The molecule has 1 heterocycles. The highest BCUT2D eigenvalue weighted by atomic mass is 15.3. The van der Waals surface area contributed by atoms with E-state index in [-0.39, 0.29) is 0 Å². The van der Waals surface area contributed by atoms with Crippen LogP contribution in [-0.2, 0) is 0 Å². The van der Waals surface area contributed by atoms with E-state index in [1.54, 1.807) is 0 Å². The molecule has 1 fully saturated rings. The molecule has 0 bridgehead atoms. The van der Waals surface area contributed by atoms with E-state index in [9.17, 15) is 0 Å². The smallest absolute Gasteiger partial charge is 0.0229 e. The SMILES string of the molecule is CC(C)(C)CC1CN1CC(C)(C)C. The van der Waals surface area contributed by atoms with Crippen LogP contribution < -0.4 is 0 Å². The van der Waals surface area contributed by atoms with E-state index in [0.717, 1.165) is 6.04 Å². The normalized spacial score (nSPS) is 29.1. The fourth-order valence-electron chi connectivity index (χ4n) is 1.93. The van der Waals surface area contributed by atoms with Gasteiger partial charge in [-0.3, -0.25) is 4.90 Å². The Morgan fingerprint density at radius 3 is 1.92 bits per heavy atom. The van der Waals surface area contributed by atoms with Crippen LogP contribution in [0.2, 0.25) is 0 Å². The second-order valence-corrected chi connectivity index (χ2v) is 6.91. The summed E-state index contributed by atoms with van der Waals surface area (Å²) in [4.78, 5) is 2.60. The molecule has 1 nitrogen and oxygen atoms in total. The molecule has 78 valence electrons. The van der Waals surface area contributed by atoms with Gasteiger partial charge in [-0.05, 0) is 17.3 Å². The van der Waals surface area contributed by atoms with Crippen molar-refractivity contribution in [3.8, 4) is 0 Å². The van der Waals surface area contributed by atoms with Gasteiger partial charge in [-0.15, -0.1) is 0 Å². The third-order valence-electron chi connectivity index (χ3n) is 2.35. The van der Waals surface area contributed by atoms with Crippen molar-refractivity contribution in [1.29, 1.82) is 0 Å². The van der Waals surface area contributed by atoms with E-state index in [1.165, 1.54) is 19.5 Å². The van der Waals surface area contributed by atoms with Gasteiger partial charge in [-0.1, -0.05) is 41.5 Å². The Bertz CT molecular complexity index is 151. The highest BCUT2D eigenvalue weighted by Crippen LogP contribution is 2.33. The Kier molecular flexibility index (Phi) is 2.78. The van der Waals surface area contributed by atoms with Crippen LogP contribution in [0, 0.1) is 10.8 Å². The summed E-state index contributed by atoms with van der Waals surface area (Å²) in [5.41, 5.74) is 0.962. The topological polar surface area (TPSA) is 3.01 Å². The van der Waals surface area contributed by atoms with Crippen molar-refractivity contribution in [2.24, 2.45) is 10.8 Å². The van der Waals surface area contributed by atoms with Gasteiger partial charge in [0.15, 0.2) is 0 Å². The predicted molar refractivity (Wildman–Crippen MR) is 58.9 cm³/mol. The molecule has 0 aliphatic carbocycles. The highest BCUT2D eigenvalue weighted by Gasteiger charge is 2.38. The van der Waals surface area contributed by atoms with Gasteiger partial charge >= 0.3 is 0 Å². The molecule has 0 saturated carbocycles. The molecule has 0 spiro atoms. The Morgan fingerprint density at radius 1 is 1.00 bits per heavy atom. The van der Waals surface area contributed by atoms with Crippen molar-refractivity contribution in [3.63, 3.8) is 0 Å². The molecule has 0 amide bonds. The summed E-state index contributed by atoms with van der Waals surface area (Å²) in [6, 6.07) is 0.874. The molecule has 0 radical (unpaired) electrons. The lowest BCUT2D eigenvalue weighted by molar-refractivity contribution is 0.280. The number of nitrogens with zero attached hydrogens (tertiary/aromatic N) is 1. The Balaban J connectivity index is 2.24. The van der Waals surface area contributed by atoms with E-state index in [0.29, 0.717) is 10.8 Å². The van der Waals surface area contributed by atoms with Gasteiger partial charge in [0, 0.05) is 19.1 Å². The van der Waals surface area contributed by atoms with Crippen molar-refractivity contribution >= 4 is 0 Å². The quantitative estimate of drug-likeness (QED) is 0.594. The van der Waals surface area contributed by atoms with Gasteiger partial charge in [0.1, 0.15) is 0 Å². The summed E-state index contributed by atoms with van der Waals surface area (Å²) in [6.45, 7) is 16.5. The van der Waals surface area contributed by atoms with Crippen molar-refractivity contribution in [1.82, 2.24) is 4.90 Å². The molecular formula is C12H25N. The largest absolute Gasteiger partial charge is 0.297 e. The second kappa shape index (κ2) is 3.27. The van der Waals surface area contributed by atoms with Crippen LogP contribution in [-0.4, -0.2) is 24.0 Å². The summed E-state index contributed by atoms with van der Waals surface area (Å²) in [6.07, 6.45) is 1.35. The van der Waals surface area contributed by atoms with Crippen molar-refractivity contribution in [2.45, 2.75) is 54.0 Å². The monoisotopic (exact) mass is 183 g/mol. The van der Waals surface area contributed by atoms with Crippen LogP contribution in [0.3, 0.4) is 0 Å². The molecule has 1 rings (SSSR count). The Hall–Kier alpha value is -0.0400. The molecule has 0 aromatic heterocycles. The number of rotatable bonds is 2. The summed E-state index contributed by atoms with van der Waals surface area (Å²) in [5, 5.41) is 0. The lowest BCUT2D eigenvalue weighted by atomic mass is 9.90. The summed E-state index contributed by atoms with van der Waals surface area (Å²) in [7, 11) is 0. The third kappa shape index (κ3) is 4.66. The Morgan fingerprint density at radius 2 is 1.54 bits per heavy atom. The van der Waals surface area contributed by atoms with E-state index in [4.69, 9.17) is 0 Å². The first-order chi connectivity index (χ1) is 5.67. The zero-order chi connectivity index (χ0) is 10.3. The molecule has 0 N–H and O–H groups in total. The summed E-state index contributed by atoms with van der Waals surface area (Å²) >= 11 is 0. The molecule has 0 aromatic carbocycles. The lowest BCUT2D eigenvalue weighted by Gasteiger charge is -2.21. The van der Waals surface area contributed by atoms with Gasteiger partial charge in [0.25, 0.3) is 0 Å². The van der Waals surface area contributed by atoms with Crippen molar-refractivity contribution in [3.05, 3.63) is 0 Å². The number of hydrogen-bond donors (Lipinski definition) is 0. The Labute approximate surface area is 83.5 Å². The fourth-order valence-corrected chi connectivity index (χ4v) is 1.93. The molecular weight excluding hydrogens is 158 g/mol. The van der Waals surface area contributed by atoms with E-state index in [1.807, 2.05) is 0 Å². The standard InChI is InChI=1S/C12H25N/c1-11(2,3)7-10-8-13(10)9-12(4,5)6/h10H,7-9H2,1-6H3. The first kappa shape index (κ1) is 11.0. The highest BCUT2D eigenvalue weighted by molar-refractivity contribution is 4.93. The van der Waals surface area contributed by atoms with Crippen molar-refractivity contribution < 1.29 is 0 Å². The maximum absolute atomic E-state index is 2.60. The molecule has 0 aromatic rings. The van der Waals surface area contributed by atoms with Crippen LogP contribution in [0.25, 0.3) is 0 Å². The van der Waals surface area contributed by atoms with Crippen molar-refractivity contribution in [2.75, 3.05) is 13.1 Å². The maximum Gasteiger partial charge on any atom is 0.0229 e. The first-order valence-electron chi connectivity index (χ1n) is 5.41. The van der Waals surface area contributed by atoms with Crippen LogP contribution >= 0.6 is 0 Å². The molecule has 1 aliphatic rings. The average molecular weight is 183 g/mol. The minimum atomic E-state index is 0.465. The molecule has 1 saturated heterocycles. The minimum absolute atomic E-state index is 0.465. The fraction of sp³-hybridized carbons (Fsp3) is 1.00. The summed E-state index contributed by atoms with van der Waals surface area (Å²) in [5.74, 6) is 0. The first-order valence-corrected chi connectivity index (χ1v) is 5.41. The van der Waals surface area contributed by atoms with E-state index < -0.39 is 0 Å². The van der Waals surface area contributed by atoms with Gasteiger partial charge in [-0.2, -0.15) is 0 Å². The molecule has 1 heteroatoms. The average Bonchev–Trinajstić information content (AvgIpc) is 2.36. The molecule has 13 heavy (non-hydrogen) atoms. The maximum atomic E-state index is 2.60. The van der Waals surface area contributed by atoms with Gasteiger partial charge < -0.3 is 0 Å². The van der Waals surface area contributed by atoms with E-state index in [2.05, 4.69) is 46.4 Å². The third-order valence-corrected chi connectivity index (χ3v) is 2.35. The van der Waals surface area contributed by atoms with Crippen LogP contribution in [0.15, 0.2) is 0 Å². The zero-order valence-corrected chi connectivity index (χ0v) is 10.1. The lowest BCUT2D eigenvalue weighted by Crippen LogP contribution is -2.21. The predicted octanol–water partition coefficient (Wildman–Crippen LogP) is 3.15. The van der Waals surface area contributed by atoms with E-state index >= 15 is 0 Å². The van der Waals surface area contributed by atoms with Gasteiger partial charge in [-0.25, -0.2) is 0 Å².